The number of fused-ring (bicyclic) bond motifs is 1. The molecule has 4 rings (SSSR count). The molecule has 0 radical (unpaired) electrons. The van der Waals surface area contributed by atoms with Crippen molar-refractivity contribution in [1.29, 1.82) is 0 Å². The maximum Gasteiger partial charge on any atom is 0.244 e. The number of nitrogens with zero attached hydrogens (tertiary/aromatic N) is 3. The highest BCUT2D eigenvalue weighted by Gasteiger charge is 2.25. The van der Waals surface area contributed by atoms with E-state index < -0.39 is 10.0 Å². The maximum absolute atomic E-state index is 12.7. The van der Waals surface area contributed by atoms with Crippen LogP contribution in [-0.4, -0.2) is 41.1 Å². The van der Waals surface area contributed by atoms with Crippen molar-refractivity contribution < 1.29 is 13.2 Å². The number of benzene rings is 1. The Balaban J connectivity index is 1.37. The van der Waals surface area contributed by atoms with Gasteiger partial charge in [0.1, 0.15) is 5.65 Å². The number of sulfonamides is 1. The molecule has 0 bridgehead atoms. The topological polar surface area (TPSA) is 83.8 Å². The molecule has 1 aromatic carbocycles. The molecule has 31 heavy (non-hydrogen) atoms. The monoisotopic (exact) mass is 458 g/mol. The molecule has 1 N–H and O–H groups in total. The lowest BCUT2D eigenvalue weighted by atomic mass is 10.2. The Kier molecular flexibility index (Phi) is 6.41. The summed E-state index contributed by atoms with van der Waals surface area (Å²) < 4.78 is 28.8. The maximum atomic E-state index is 12.7. The van der Waals surface area contributed by atoms with Crippen molar-refractivity contribution in [3.8, 4) is 0 Å². The Bertz CT molecular complexity index is 1210. The molecule has 0 unspecified atom stereocenters. The summed E-state index contributed by atoms with van der Waals surface area (Å²) in [4.78, 5) is 16.7. The van der Waals surface area contributed by atoms with Crippen LogP contribution in [0, 0.1) is 0 Å². The van der Waals surface area contributed by atoms with E-state index in [-0.39, 0.29) is 17.3 Å². The minimum atomic E-state index is -3.45. The summed E-state index contributed by atoms with van der Waals surface area (Å²) in [5.41, 5.74) is 2.14. The van der Waals surface area contributed by atoms with Gasteiger partial charge in [-0.15, -0.1) is 0 Å². The van der Waals surface area contributed by atoms with E-state index in [0.717, 1.165) is 24.8 Å². The SMILES string of the molecule is O=C(/C=C/c1c(Cl)nc2ccccn12)NCc1ccc(S(=O)(=O)N2CCCCC2)cc1. The van der Waals surface area contributed by atoms with Crippen LogP contribution < -0.4 is 5.32 Å². The predicted octanol–water partition coefficient (Wildman–Crippen LogP) is 3.49. The quantitative estimate of drug-likeness (QED) is 0.573. The van der Waals surface area contributed by atoms with Gasteiger partial charge in [0.05, 0.1) is 10.6 Å². The van der Waals surface area contributed by atoms with Crippen LogP contribution >= 0.6 is 11.6 Å². The molecule has 9 heteroatoms. The molecule has 0 saturated carbocycles. The van der Waals surface area contributed by atoms with Crippen molar-refractivity contribution in [2.24, 2.45) is 0 Å². The van der Waals surface area contributed by atoms with E-state index in [1.807, 2.05) is 24.4 Å². The number of piperidine rings is 1. The summed E-state index contributed by atoms with van der Waals surface area (Å²) in [6.07, 6.45) is 7.71. The molecule has 2 aromatic heterocycles. The molecular weight excluding hydrogens is 436 g/mol. The number of halogens is 1. The highest BCUT2D eigenvalue weighted by molar-refractivity contribution is 7.89. The molecule has 3 aromatic rings. The second-order valence-corrected chi connectivity index (χ2v) is 9.67. The van der Waals surface area contributed by atoms with Crippen molar-refractivity contribution in [2.75, 3.05) is 13.1 Å². The van der Waals surface area contributed by atoms with Crippen LogP contribution in [-0.2, 0) is 21.4 Å². The van der Waals surface area contributed by atoms with Crippen LogP contribution in [0.25, 0.3) is 11.7 Å². The van der Waals surface area contributed by atoms with E-state index in [1.54, 1.807) is 39.0 Å². The summed E-state index contributed by atoms with van der Waals surface area (Å²) in [6, 6.07) is 12.2. The predicted molar refractivity (Wildman–Crippen MR) is 120 cm³/mol. The van der Waals surface area contributed by atoms with Crippen LogP contribution in [0.4, 0.5) is 0 Å². The lowest BCUT2D eigenvalue weighted by Gasteiger charge is -2.25. The van der Waals surface area contributed by atoms with Crippen molar-refractivity contribution >= 4 is 39.3 Å². The highest BCUT2D eigenvalue weighted by Crippen LogP contribution is 2.21. The smallest absolute Gasteiger partial charge is 0.244 e. The zero-order chi connectivity index (χ0) is 21.8. The molecule has 1 fully saturated rings. The van der Waals surface area contributed by atoms with E-state index >= 15 is 0 Å². The van der Waals surface area contributed by atoms with Gasteiger partial charge in [0.2, 0.25) is 15.9 Å². The molecule has 0 aliphatic carbocycles. The number of amides is 1. The molecule has 7 nitrogen and oxygen atoms in total. The van der Waals surface area contributed by atoms with Gasteiger partial charge < -0.3 is 5.32 Å². The number of aromatic nitrogens is 2. The number of carbonyl (C=O) groups excluding carboxylic acids is 1. The Hall–Kier alpha value is -2.68. The number of hydrogen-bond donors (Lipinski definition) is 1. The number of carbonyl (C=O) groups is 1. The summed E-state index contributed by atoms with van der Waals surface area (Å²) >= 11 is 6.16. The van der Waals surface area contributed by atoms with E-state index in [0.29, 0.717) is 29.6 Å². The second kappa shape index (κ2) is 9.21. The van der Waals surface area contributed by atoms with Crippen molar-refractivity contribution in [3.63, 3.8) is 0 Å². The van der Waals surface area contributed by atoms with E-state index in [4.69, 9.17) is 11.6 Å². The fourth-order valence-electron chi connectivity index (χ4n) is 3.57. The minimum Gasteiger partial charge on any atom is -0.348 e. The van der Waals surface area contributed by atoms with Crippen molar-refractivity contribution in [2.45, 2.75) is 30.7 Å². The lowest BCUT2D eigenvalue weighted by molar-refractivity contribution is -0.116. The number of nitrogens with one attached hydrogen (secondary N) is 1. The van der Waals surface area contributed by atoms with Gasteiger partial charge in [-0.3, -0.25) is 9.20 Å². The molecule has 162 valence electrons. The van der Waals surface area contributed by atoms with E-state index in [2.05, 4.69) is 10.3 Å². The largest absolute Gasteiger partial charge is 0.348 e. The van der Waals surface area contributed by atoms with Crippen LogP contribution in [0.15, 0.2) is 59.6 Å². The summed E-state index contributed by atoms with van der Waals surface area (Å²) in [6.45, 7) is 1.43. The second-order valence-electron chi connectivity index (χ2n) is 7.38. The first kappa shape index (κ1) is 21.5. The lowest BCUT2D eigenvalue weighted by Crippen LogP contribution is -2.35. The fourth-order valence-corrected chi connectivity index (χ4v) is 5.33. The van der Waals surface area contributed by atoms with Crippen LogP contribution in [0.5, 0.6) is 0 Å². The number of hydrogen-bond acceptors (Lipinski definition) is 4. The molecular formula is C22H23ClN4O3S. The van der Waals surface area contributed by atoms with Gasteiger partial charge in [-0.1, -0.05) is 36.2 Å². The summed E-state index contributed by atoms with van der Waals surface area (Å²) in [5.74, 6) is -0.285. The summed E-state index contributed by atoms with van der Waals surface area (Å²) in [5, 5.41) is 3.11. The zero-order valence-corrected chi connectivity index (χ0v) is 18.4. The number of pyridine rings is 1. The van der Waals surface area contributed by atoms with Gasteiger partial charge in [0.25, 0.3) is 0 Å². The molecule has 1 aliphatic rings. The molecule has 0 atom stereocenters. The van der Waals surface area contributed by atoms with Gasteiger partial charge in [-0.05, 0) is 48.7 Å². The first-order chi connectivity index (χ1) is 14.9. The standard InChI is InChI=1S/C22H23ClN4O3S/c23-22-19(27-15-5-2-6-20(27)25-22)11-12-21(28)24-16-17-7-9-18(10-8-17)31(29,30)26-13-3-1-4-14-26/h2,5-12,15H,1,3-4,13-14,16H2,(H,24,28)/b12-11+. The summed E-state index contributed by atoms with van der Waals surface area (Å²) in [7, 11) is -3.45. The van der Waals surface area contributed by atoms with Gasteiger partial charge in [0.15, 0.2) is 5.15 Å². The first-order valence-corrected chi connectivity index (χ1v) is 11.9. The average molecular weight is 459 g/mol. The highest BCUT2D eigenvalue weighted by atomic mass is 35.5. The van der Waals surface area contributed by atoms with Crippen molar-refractivity contribution in [1.82, 2.24) is 19.0 Å². The van der Waals surface area contributed by atoms with Crippen LogP contribution in [0.3, 0.4) is 0 Å². The third-order valence-corrected chi connectivity index (χ3v) is 7.45. The molecule has 1 aliphatic heterocycles. The molecule has 0 spiro atoms. The Morgan fingerprint density at radius 3 is 2.58 bits per heavy atom. The Morgan fingerprint density at radius 2 is 1.84 bits per heavy atom. The van der Waals surface area contributed by atoms with Crippen LogP contribution in [0.2, 0.25) is 5.15 Å². The van der Waals surface area contributed by atoms with Gasteiger partial charge in [-0.25, -0.2) is 13.4 Å². The fraction of sp³-hybridized carbons (Fsp3) is 0.273. The van der Waals surface area contributed by atoms with Crippen LogP contribution in [0.1, 0.15) is 30.5 Å². The van der Waals surface area contributed by atoms with Gasteiger partial charge in [0, 0.05) is 31.9 Å². The number of rotatable bonds is 6. The molecule has 3 heterocycles. The first-order valence-electron chi connectivity index (χ1n) is 10.1. The molecule has 1 saturated heterocycles. The van der Waals surface area contributed by atoms with Gasteiger partial charge in [-0.2, -0.15) is 4.31 Å². The number of imidazole rings is 1. The third kappa shape index (κ3) is 4.81. The van der Waals surface area contributed by atoms with E-state index in [1.165, 1.54) is 6.08 Å². The minimum absolute atomic E-state index is 0.284. The van der Waals surface area contributed by atoms with Crippen molar-refractivity contribution in [3.05, 3.63) is 71.1 Å². The molecule has 1 amide bonds. The Labute approximate surface area is 186 Å². The Morgan fingerprint density at radius 1 is 1.10 bits per heavy atom. The zero-order valence-electron chi connectivity index (χ0n) is 16.9. The van der Waals surface area contributed by atoms with Gasteiger partial charge >= 0.3 is 0 Å². The van der Waals surface area contributed by atoms with E-state index in [9.17, 15) is 13.2 Å². The average Bonchev–Trinajstić information content (AvgIpc) is 3.12. The third-order valence-electron chi connectivity index (χ3n) is 5.26. The normalized spacial score (nSPS) is 15.5.